The SMILES string of the molecule is O=C(O)C=Cc1ccc(-c2ccc(OCC(=O)NO)c(C34CC5CC(CC(C5)C3)C4)c2)cc1. The fourth-order valence-corrected chi connectivity index (χ4v) is 6.82. The Balaban J connectivity index is 1.50. The monoisotopic (exact) mass is 447 g/mol. The normalized spacial score (nSPS) is 27.6. The fraction of sp³-hybridized carbons (Fsp3) is 0.407. The number of amides is 1. The maximum atomic E-state index is 11.6. The van der Waals surface area contributed by atoms with Crippen molar-refractivity contribution in [2.45, 2.75) is 43.9 Å². The van der Waals surface area contributed by atoms with Gasteiger partial charge >= 0.3 is 5.97 Å². The lowest BCUT2D eigenvalue weighted by Crippen LogP contribution is -2.48. The molecule has 4 saturated carbocycles. The molecule has 2 aromatic carbocycles. The predicted octanol–water partition coefficient (Wildman–Crippen LogP) is 4.80. The number of hydrogen-bond acceptors (Lipinski definition) is 4. The van der Waals surface area contributed by atoms with Gasteiger partial charge in [0.1, 0.15) is 5.75 Å². The lowest BCUT2D eigenvalue weighted by atomic mass is 9.48. The van der Waals surface area contributed by atoms with Gasteiger partial charge in [0.2, 0.25) is 0 Å². The molecule has 0 aromatic heterocycles. The van der Waals surface area contributed by atoms with E-state index >= 15 is 0 Å². The van der Waals surface area contributed by atoms with Crippen molar-refractivity contribution in [2.75, 3.05) is 6.61 Å². The second kappa shape index (κ2) is 8.67. The number of carboxylic acids is 1. The topological polar surface area (TPSA) is 95.9 Å². The van der Waals surface area contributed by atoms with Crippen molar-refractivity contribution >= 4 is 18.0 Å². The first-order chi connectivity index (χ1) is 15.9. The van der Waals surface area contributed by atoms with E-state index in [9.17, 15) is 9.59 Å². The zero-order valence-corrected chi connectivity index (χ0v) is 18.5. The molecule has 4 aliphatic carbocycles. The van der Waals surface area contributed by atoms with Crippen molar-refractivity contribution in [3.63, 3.8) is 0 Å². The molecular formula is C27H29NO5. The summed E-state index contributed by atoms with van der Waals surface area (Å²) in [6, 6.07) is 14.0. The summed E-state index contributed by atoms with van der Waals surface area (Å²) in [5.74, 6) is 1.51. The van der Waals surface area contributed by atoms with Crippen LogP contribution in [-0.4, -0.2) is 28.8 Å². The van der Waals surface area contributed by atoms with Crippen molar-refractivity contribution in [2.24, 2.45) is 17.8 Å². The van der Waals surface area contributed by atoms with Crippen LogP contribution >= 0.6 is 0 Å². The van der Waals surface area contributed by atoms with Crippen LogP contribution in [0.3, 0.4) is 0 Å². The lowest BCUT2D eigenvalue weighted by Gasteiger charge is -2.57. The number of hydrogen-bond donors (Lipinski definition) is 3. The van der Waals surface area contributed by atoms with E-state index in [4.69, 9.17) is 15.1 Å². The molecule has 33 heavy (non-hydrogen) atoms. The summed E-state index contributed by atoms with van der Waals surface area (Å²) < 4.78 is 5.91. The molecule has 0 atom stereocenters. The zero-order chi connectivity index (χ0) is 23.0. The molecule has 0 radical (unpaired) electrons. The van der Waals surface area contributed by atoms with E-state index in [1.54, 1.807) is 11.6 Å². The van der Waals surface area contributed by atoms with Crippen LogP contribution in [-0.2, 0) is 15.0 Å². The van der Waals surface area contributed by atoms with E-state index in [-0.39, 0.29) is 12.0 Å². The van der Waals surface area contributed by atoms with Crippen LogP contribution in [0.15, 0.2) is 48.5 Å². The van der Waals surface area contributed by atoms with Crippen molar-refractivity contribution in [3.05, 3.63) is 59.7 Å². The third-order valence-electron chi connectivity index (χ3n) is 7.73. The van der Waals surface area contributed by atoms with Crippen LogP contribution in [0.25, 0.3) is 17.2 Å². The smallest absolute Gasteiger partial charge is 0.328 e. The Bertz CT molecular complexity index is 1050. The average molecular weight is 448 g/mol. The van der Waals surface area contributed by atoms with Gasteiger partial charge in [-0.1, -0.05) is 30.3 Å². The molecule has 0 spiro atoms. The molecule has 6 nitrogen and oxygen atoms in total. The summed E-state index contributed by atoms with van der Waals surface area (Å²) in [5, 5.41) is 17.7. The van der Waals surface area contributed by atoms with Crippen molar-refractivity contribution < 1.29 is 24.6 Å². The van der Waals surface area contributed by atoms with E-state index < -0.39 is 11.9 Å². The van der Waals surface area contributed by atoms with Crippen LogP contribution in [0.1, 0.15) is 49.7 Å². The number of rotatable bonds is 7. The molecule has 0 saturated heterocycles. The molecule has 6 heteroatoms. The minimum Gasteiger partial charge on any atom is -0.483 e. The molecule has 6 rings (SSSR count). The van der Waals surface area contributed by atoms with Crippen LogP contribution in [0.5, 0.6) is 5.75 Å². The molecular weight excluding hydrogens is 418 g/mol. The quantitative estimate of drug-likeness (QED) is 0.322. The van der Waals surface area contributed by atoms with Crippen molar-refractivity contribution in [1.29, 1.82) is 0 Å². The standard InChI is InChI=1S/C27H29NO5/c29-25(28-32)16-33-24-7-6-22(21-4-1-17(2-5-21)3-8-26(30)31)12-23(24)27-13-18-9-19(14-27)11-20(10-18)15-27/h1-8,12,18-20,32H,9-11,13-16H2,(H,28,29)(H,30,31). The minimum atomic E-state index is -0.968. The summed E-state index contributed by atoms with van der Waals surface area (Å²) in [7, 11) is 0. The molecule has 172 valence electrons. The fourth-order valence-electron chi connectivity index (χ4n) is 6.82. The number of hydroxylamine groups is 1. The van der Waals surface area contributed by atoms with E-state index in [0.717, 1.165) is 46.3 Å². The highest BCUT2D eigenvalue weighted by Crippen LogP contribution is 2.62. The highest BCUT2D eigenvalue weighted by Gasteiger charge is 2.52. The number of carbonyl (C=O) groups is 2. The first-order valence-corrected chi connectivity index (χ1v) is 11.7. The van der Waals surface area contributed by atoms with E-state index in [1.807, 2.05) is 36.4 Å². The molecule has 4 bridgehead atoms. The molecule has 0 aliphatic heterocycles. The van der Waals surface area contributed by atoms with Gasteiger partial charge in [-0.3, -0.25) is 10.0 Å². The number of carbonyl (C=O) groups excluding carboxylic acids is 1. The Morgan fingerprint density at radius 1 is 0.970 bits per heavy atom. The van der Waals surface area contributed by atoms with Crippen molar-refractivity contribution in [3.8, 4) is 16.9 Å². The molecule has 1 amide bonds. The Hall–Kier alpha value is -3.12. The van der Waals surface area contributed by atoms with Gasteiger partial charge in [-0.2, -0.15) is 0 Å². The minimum absolute atomic E-state index is 0.0833. The Morgan fingerprint density at radius 2 is 1.58 bits per heavy atom. The molecule has 0 heterocycles. The summed E-state index contributed by atoms with van der Waals surface area (Å²) in [6.45, 7) is -0.222. The number of benzene rings is 2. The Labute approximate surface area is 193 Å². The predicted molar refractivity (Wildman–Crippen MR) is 124 cm³/mol. The number of nitrogens with one attached hydrogen (secondary N) is 1. The van der Waals surface area contributed by atoms with E-state index in [0.29, 0.717) is 0 Å². The maximum Gasteiger partial charge on any atom is 0.328 e. The second-order valence-electron chi connectivity index (χ2n) is 10.0. The Morgan fingerprint density at radius 3 is 2.15 bits per heavy atom. The maximum absolute atomic E-state index is 11.6. The van der Waals surface area contributed by atoms with Gasteiger partial charge in [-0.05, 0) is 96.6 Å². The molecule has 3 N–H and O–H groups in total. The first-order valence-electron chi connectivity index (χ1n) is 11.7. The highest BCUT2D eigenvalue weighted by molar-refractivity contribution is 5.85. The number of ether oxygens (including phenoxy) is 1. The van der Waals surface area contributed by atoms with Gasteiger partial charge in [0.25, 0.3) is 5.91 Å². The lowest BCUT2D eigenvalue weighted by molar-refractivity contribution is -0.132. The van der Waals surface area contributed by atoms with Crippen LogP contribution < -0.4 is 10.2 Å². The third kappa shape index (κ3) is 4.40. The van der Waals surface area contributed by atoms with Crippen LogP contribution in [0, 0.1) is 17.8 Å². The summed E-state index contributed by atoms with van der Waals surface area (Å²) in [4.78, 5) is 22.4. The largest absolute Gasteiger partial charge is 0.483 e. The van der Waals surface area contributed by atoms with E-state index in [1.165, 1.54) is 44.1 Å². The molecule has 0 unspecified atom stereocenters. The van der Waals surface area contributed by atoms with Crippen molar-refractivity contribution in [1.82, 2.24) is 5.48 Å². The molecule has 2 aromatic rings. The zero-order valence-electron chi connectivity index (χ0n) is 18.5. The first kappa shape index (κ1) is 21.7. The van der Waals surface area contributed by atoms with Gasteiger partial charge in [0, 0.05) is 11.6 Å². The van der Waals surface area contributed by atoms with Gasteiger partial charge in [-0.25, -0.2) is 10.3 Å². The van der Waals surface area contributed by atoms with Gasteiger partial charge in [0.05, 0.1) is 0 Å². The third-order valence-corrected chi connectivity index (χ3v) is 7.73. The number of aliphatic carboxylic acids is 1. The second-order valence-corrected chi connectivity index (χ2v) is 10.0. The summed E-state index contributed by atoms with van der Waals surface area (Å²) in [6.07, 6.45) is 10.2. The van der Waals surface area contributed by atoms with E-state index in [2.05, 4.69) is 6.07 Å². The number of carboxylic acid groups (broad SMARTS) is 1. The van der Waals surface area contributed by atoms with Crippen LogP contribution in [0.4, 0.5) is 0 Å². The average Bonchev–Trinajstić information content (AvgIpc) is 2.80. The van der Waals surface area contributed by atoms with Crippen LogP contribution in [0.2, 0.25) is 0 Å². The highest BCUT2D eigenvalue weighted by atomic mass is 16.5. The van der Waals surface area contributed by atoms with Gasteiger partial charge in [-0.15, -0.1) is 0 Å². The Kier molecular flexibility index (Phi) is 5.71. The van der Waals surface area contributed by atoms with Gasteiger partial charge in [0.15, 0.2) is 6.61 Å². The summed E-state index contributed by atoms with van der Waals surface area (Å²) in [5.41, 5.74) is 5.86. The molecule has 4 aliphatic rings. The summed E-state index contributed by atoms with van der Waals surface area (Å²) >= 11 is 0. The molecule has 4 fully saturated rings. The van der Waals surface area contributed by atoms with Gasteiger partial charge < -0.3 is 9.84 Å².